The van der Waals surface area contributed by atoms with Crippen LogP contribution in [0.4, 0.5) is 5.69 Å². The SMILES string of the molecule is c1ccc2c(c1)CCN2CCCNC1CC1. The van der Waals surface area contributed by atoms with E-state index in [4.69, 9.17) is 0 Å². The normalized spacial score (nSPS) is 18.9. The van der Waals surface area contributed by atoms with Gasteiger partial charge in [-0.3, -0.25) is 0 Å². The predicted molar refractivity (Wildman–Crippen MR) is 68.0 cm³/mol. The molecule has 0 unspecified atom stereocenters. The van der Waals surface area contributed by atoms with E-state index in [2.05, 4.69) is 34.5 Å². The third-order valence-corrected chi connectivity index (χ3v) is 3.60. The molecule has 0 saturated heterocycles. The van der Waals surface area contributed by atoms with Crippen LogP contribution in [-0.2, 0) is 6.42 Å². The molecule has 1 heterocycles. The largest absolute Gasteiger partial charge is 0.371 e. The molecule has 2 nitrogen and oxygen atoms in total. The number of nitrogens with one attached hydrogen (secondary N) is 1. The molecule has 16 heavy (non-hydrogen) atoms. The molecule has 1 aliphatic heterocycles. The van der Waals surface area contributed by atoms with Crippen LogP contribution in [0.25, 0.3) is 0 Å². The summed E-state index contributed by atoms with van der Waals surface area (Å²) < 4.78 is 0. The van der Waals surface area contributed by atoms with E-state index in [9.17, 15) is 0 Å². The van der Waals surface area contributed by atoms with Gasteiger partial charge in [-0.2, -0.15) is 0 Å². The zero-order chi connectivity index (χ0) is 10.8. The number of nitrogens with zero attached hydrogens (tertiary/aromatic N) is 1. The highest BCUT2D eigenvalue weighted by Crippen LogP contribution is 2.27. The number of fused-ring (bicyclic) bond motifs is 1. The van der Waals surface area contributed by atoms with Crippen LogP contribution in [0.5, 0.6) is 0 Å². The summed E-state index contributed by atoms with van der Waals surface area (Å²) in [5, 5.41) is 3.58. The fourth-order valence-electron chi connectivity index (χ4n) is 2.50. The number of benzene rings is 1. The molecule has 1 fully saturated rings. The lowest BCUT2D eigenvalue weighted by atomic mass is 10.2. The highest BCUT2D eigenvalue weighted by Gasteiger charge is 2.20. The molecule has 3 rings (SSSR count). The van der Waals surface area contributed by atoms with Crippen molar-refractivity contribution in [3.05, 3.63) is 29.8 Å². The van der Waals surface area contributed by atoms with Crippen LogP contribution >= 0.6 is 0 Å². The maximum absolute atomic E-state index is 3.58. The first-order chi connectivity index (χ1) is 7.93. The van der Waals surface area contributed by atoms with E-state index in [1.165, 1.54) is 56.6 Å². The first-order valence-corrected chi connectivity index (χ1v) is 6.50. The monoisotopic (exact) mass is 216 g/mol. The van der Waals surface area contributed by atoms with Crippen LogP contribution < -0.4 is 10.2 Å². The Hall–Kier alpha value is -1.02. The Bertz CT molecular complexity index is 358. The Balaban J connectivity index is 1.48. The van der Waals surface area contributed by atoms with Gasteiger partial charge in [-0.25, -0.2) is 0 Å². The van der Waals surface area contributed by atoms with Crippen molar-refractivity contribution < 1.29 is 0 Å². The molecular weight excluding hydrogens is 196 g/mol. The Morgan fingerprint density at radius 2 is 2.12 bits per heavy atom. The third-order valence-electron chi connectivity index (χ3n) is 3.60. The second-order valence-electron chi connectivity index (χ2n) is 4.95. The average Bonchev–Trinajstić information content (AvgIpc) is 3.05. The molecule has 0 amide bonds. The zero-order valence-corrected chi connectivity index (χ0v) is 9.78. The third kappa shape index (κ3) is 2.22. The van der Waals surface area contributed by atoms with Gasteiger partial charge in [0.2, 0.25) is 0 Å². The van der Waals surface area contributed by atoms with Crippen LogP contribution in [0.3, 0.4) is 0 Å². The summed E-state index contributed by atoms with van der Waals surface area (Å²) in [5.74, 6) is 0. The summed E-state index contributed by atoms with van der Waals surface area (Å²) in [7, 11) is 0. The van der Waals surface area contributed by atoms with Crippen molar-refractivity contribution in [3.63, 3.8) is 0 Å². The molecule has 0 spiro atoms. The van der Waals surface area contributed by atoms with Crippen molar-refractivity contribution in [1.82, 2.24) is 5.32 Å². The second-order valence-corrected chi connectivity index (χ2v) is 4.95. The van der Waals surface area contributed by atoms with E-state index >= 15 is 0 Å². The van der Waals surface area contributed by atoms with Gasteiger partial charge in [0, 0.05) is 24.8 Å². The highest BCUT2D eigenvalue weighted by atomic mass is 15.1. The summed E-state index contributed by atoms with van der Waals surface area (Å²) in [5.41, 5.74) is 2.99. The molecule has 0 aromatic heterocycles. The standard InChI is InChI=1S/C14H20N2/c1-2-5-14-12(4-1)8-11-16(14)10-3-9-15-13-6-7-13/h1-2,4-5,13,15H,3,6-11H2. The minimum absolute atomic E-state index is 0.853. The molecule has 86 valence electrons. The van der Waals surface area contributed by atoms with Crippen LogP contribution in [0, 0.1) is 0 Å². The van der Waals surface area contributed by atoms with E-state index in [0.29, 0.717) is 0 Å². The molecule has 2 aliphatic rings. The minimum Gasteiger partial charge on any atom is -0.371 e. The summed E-state index contributed by atoms with van der Waals surface area (Å²) in [4.78, 5) is 2.53. The van der Waals surface area contributed by atoms with Crippen molar-refractivity contribution in [2.24, 2.45) is 0 Å². The number of anilines is 1. The maximum Gasteiger partial charge on any atom is 0.0399 e. The van der Waals surface area contributed by atoms with E-state index < -0.39 is 0 Å². The molecular formula is C14H20N2. The Morgan fingerprint density at radius 3 is 3.00 bits per heavy atom. The van der Waals surface area contributed by atoms with Crippen molar-refractivity contribution in [3.8, 4) is 0 Å². The minimum atomic E-state index is 0.853. The summed E-state index contributed by atoms with van der Waals surface area (Å²) in [6.07, 6.45) is 5.29. The molecule has 1 aromatic rings. The van der Waals surface area contributed by atoms with E-state index in [0.717, 1.165) is 6.04 Å². The first-order valence-electron chi connectivity index (χ1n) is 6.50. The molecule has 1 aliphatic carbocycles. The predicted octanol–water partition coefficient (Wildman–Crippen LogP) is 2.19. The quantitative estimate of drug-likeness (QED) is 0.759. The van der Waals surface area contributed by atoms with Crippen LogP contribution in [0.15, 0.2) is 24.3 Å². The number of hydrogen-bond donors (Lipinski definition) is 1. The van der Waals surface area contributed by atoms with E-state index in [1.807, 2.05) is 0 Å². The zero-order valence-electron chi connectivity index (χ0n) is 9.78. The maximum atomic E-state index is 3.58. The summed E-state index contributed by atoms with van der Waals surface area (Å²) in [6, 6.07) is 9.68. The van der Waals surface area contributed by atoms with Crippen molar-refractivity contribution in [2.45, 2.75) is 31.7 Å². The highest BCUT2D eigenvalue weighted by molar-refractivity contribution is 5.57. The Morgan fingerprint density at radius 1 is 1.25 bits per heavy atom. The topological polar surface area (TPSA) is 15.3 Å². The van der Waals surface area contributed by atoms with Gasteiger partial charge < -0.3 is 10.2 Å². The van der Waals surface area contributed by atoms with Crippen molar-refractivity contribution in [2.75, 3.05) is 24.5 Å². The van der Waals surface area contributed by atoms with Crippen molar-refractivity contribution in [1.29, 1.82) is 0 Å². The van der Waals surface area contributed by atoms with Gasteiger partial charge in [0.05, 0.1) is 0 Å². The molecule has 0 radical (unpaired) electrons. The first kappa shape index (κ1) is 10.2. The molecule has 2 heteroatoms. The molecule has 1 saturated carbocycles. The molecule has 1 aromatic carbocycles. The molecule has 0 atom stereocenters. The fraction of sp³-hybridized carbons (Fsp3) is 0.571. The molecule has 0 bridgehead atoms. The van der Waals surface area contributed by atoms with Gasteiger partial charge in [0.15, 0.2) is 0 Å². The number of hydrogen-bond acceptors (Lipinski definition) is 2. The van der Waals surface area contributed by atoms with E-state index in [-0.39, 0.29) is 0 Å². The average molecular weight is 216 g/mol. The van der Waals surface area contributed by atoms with Crippen LogP contribution in [0.1, 0.15) is 24.8 Å². The Labute approximate surface area is 97.6 Å². The number of para-hydroxylation sites is 1. The van der Waals surface area contributed by atoms with Gasteiger partial charge in [-0.1, -0.05) is 18.2 Å². The van der Waals surface area contributed by atoms with E-state index in [1.54, 1.807) is 0 Å². The lowest BCUT2D eigenvalue weighted by Gasteiger charge is -2.19. The van der Waals surface area contributed by atoms with Crippen LogP contribution in [-0.4, -0.2) is 25.7 Å². The van der Waals surface area contributed by atoms with Gasteiger partial charge >= 0.3 is 0 Å². The Kier molecular flexibility index (Phi) is 2.83. The van der Waals surface area contributed by atoms with Gasteiger partial charge in [0.25, 0.3) is 0 Å². The number of rotatable bonds is 5. The van der Waals surface area contributed by atoms with Gasteiger partial charge in [0.1, 0.15) is 0 Å². The summed E-state index contributed by atoms with van der Waals surface area (Å²) in [6.45, 7) is 3.60. The smallest absolute Gasteiger partial charge is 0.0399 e. The summed E-state index contributed by atoms with van der Waals surface area (Å²) >= 11 is 0. The molecule has 1 N–H and O–H groups in total. The van der Waals surface area contributed by atoms with Crippen molar-refractivity contribution >= 4 is 5.69 Å². The van der Waals surface area contributed by atoms with Gasteiger partial charge in [-0.15, -0.1) is 0 Å². The fourth-order valence-corrected chi connectivity index (χ4v) is 2.50. The lowest BCUT2D eigenvalue weighted by Crippen LogP contribution is -2.26. The second kappa shape index (κ2) is 4.46. The van der Waals surface area contributed by atoms with Gasteiger partial charge in [-0.05, 0) is 43.9 Å². The van der Waals surface area contributed by atoms with Crippen LogP contribution in [0.2, 0.25) is 0 Å². The lowest BCUT2D eigenvalue weighted by molar-refractivity contribution is 0.635.